The lowest BCUT2D eigenvalue weighted by Gasteiger charge is -2.31. The van der Waals surface area contributed by atoms with Gasteiger partial charge in [-0.15, -0.1) is 0 Å². The largest absolute Gasteiger partial charge is 0.439 e. The summed E-state index contributed by atoms with van der Waals surface area (Å²) in [6.07, 6.45) is 2.30. The van der Waals surface area contributed by atoms with E-state index in [1.807, 2.05) is 54.6 Å². The zero-order chi connectivity index (χ0) is 22.3. The molecule has 0 radical (unpaired) electrons. The van der Waals surface area contributed by atoms with E-state index in [1.54, 1.807) is 0 Å². The van der Waals surface area contributed by atoms with Crippen LogP contribution in [-0.2, 0) is 0 Å². The minimum atomic E-state index is 0.0583. The number of para-hydroxylation sites is 1. The fourth-order valence-electron chi connectivity index (χ4n) is 3.69. The molecule has 4 rings (SSSR count). The maximum Gasteiger partial charge on any atom is 0.234 e. The first-order valence-corrected chi connectivity index (χ1v) is 11.5. The molecule has 0 spiro atoms. The van der Waals surface area contributed by atoms with Gasteiger partial charge in [0.15, 0.2) is 5.11 Å². The first-order valence-electron chi connectivity index (χ1n) is 11.1. The number of aromatic nitrogens is 2. The minimum absolute atomic E-state index is 0.0583. The molecule has 1 aromatic heterocycles. The van der Waals surface area contributed by atoms with E-state index >= 15 is 0 Å². The molecular weight excluding hydrogens is 418 g/mol. The molecule has 1 aliphatic rings. The molecule has 0 bridgehead atoms. The number of nitrogens with zero attached hydrogens (tertiary/aromatic N) is 3. The van der Waals surface area contributed by atoms with Crippen molar-refractivity contribution in [2.75, 3.05) is 23.3 Å². The highest BCUT2D eigenvalue weighted by atomic mass is 32.1. The van der Waals surface area contributed by atoms with Gasteiger partial charge >= 0.3 is 0 Å². The van der Waals surface area contributed by atoms with Gasteiger partial charge in [0.1, 0.15) is 11.6 Å². The fourth-order valence-corrected chi connectivity index (χ4v) is 3.96. The Balaban J connectivity index is 1.52. The average molecular weight is 448 g/mol. The van der Waals surface area contributed by atoms with Crippen LogP contribution in [0.3, 0.4) is 0 Å². The average Bonchev–Trinajstić information content (AvgIpc) is 2.80. The minimum Gasteiger partial charge on any atom is -0.439 e. The van der Waals surface area contributed by atoms with Crippen LogP contribution in [0.15, 0.2) is 66.7 Å². The number of rotatable bonds is 6. The summed E-state index contributed by atoms with van der Waals surface area (Å²) in [5.74, 6) is 3.22. The van der Waals surface area contributed by atoms with Crippen molar-refractivity contribution in [3.05, 3.63) is 72.3 Å². The number of thiocarbonyl (C=S) groups is 1. The van der Waals surface area contributed by atoms with Crippen LogP contribution >= 0.6 is 12.2 Å². The van der Waals surface area contributed by atoms with Crippen LogP contribution in [0.2, 0.25) is 0 Å². The van der Waals surface area contributed by atoms with E-state index in [9.17, 15) is 0 Å². The van der Waals surface area contributed by atoms with Crippen molar-refractivity contribution in [2.24, 2.45) is 5.92 Å². The van der Waals surface area contributed by atoms with Gasteiger partial charge in [0.2, 0.25) is 11.8 Å². The highest BCUT2D eigenvalue weighted by molar-refractivity contribution is 7.80. The van der Waals surface area contributed by atoms with Crippen molar-refractivity contribution in [3.8, 4) is 11.6 Å². The van der Waals surface area contributed by atoms with Crippen molar-refractivity contribution in [1.82, 2.24) is 15.3 Å². The Hall–Kier alpha value is -3.19. The third-order valence-corrected chi connectivity index (χ3v) is 5.85. The molecule has 7 heteroatoms. The number of hydrogen-bond acceptors (Lipinski definition) is 5. The fraction of sp³-hybridized carbons (Fsp3) is 0.320. The Morgan fingerprint density at radius 3 is 2.38 bits per heavy atom. The SMILES string of the molecule is CC1CCN(c2cc(Oc3ccccc3)nc(NC(=S)N[C@@H](C)c3ccccc3)n2)CC1. The molecule has 1 saturated heterocycles. The summed E-state index contributed by atoms with van der Waals surface area (Å²) in [6, 6.07) is 21.8. The van der Waals surface area contributed by atoms with Gasteiger partial charge in [-0.2, -0.15) is 9.97 Å². The number of hydrogen-bond donors (Lipinski definition) is 2. The van der Waals surface area contributed by atoms with Gasteiger partial charge in [-0.1, -0.05) is 55.5 Å². The second-order valence-electron chi connectivity index (χ2n) is 8.20. The highest BCUT2D eigenvalue weighted by Crippen LogP contribution is 2.27. The maximum atomic E-state index is 6.02. The molecule has 2 N–H and O–H groups in total. The van der Waals surface area contributed by atoms with Gasteiger partial charge in [0.05, 0.1) is 6.04 Å². The Kier molecular flexibility index (Phi) is 7.17. The first-order chi connectivity index (χ1) is 15.6. The topological polar surface area (TPSA) is 62.3 Å². The van der Waals surface area contributed by atoms with Gasteiger partial charge in [-0.05, 0) is 55.6 Å². The molecule has 166 valence electrons. The van der Waals surface area contributed by atoms with E-state index in [1.165, 1.54) is 0 Å². The number of ether oxygens (including phenoxy) is 1. The molecule has 2 aromatic carbocycles. The Morgan fingerprint density at radius 1 is 1.03 bits per heavy atom. The molecule has 0 unspecified atom stereocenters. The molecule has 0 amide bonds. The predicted molar refractivity (Wildman–Crippen MR) is 133 cm³/mol. The van der Waals surface area contributed by atoms with Gasteiger partial charge in [0.25, 0.3) is 0 Å². The van der Waals surface area contributed by atoms with E-state index in [0.717, 1.165) is 49.0 Å². The standard InChI is InChI=1S/C25H29N5OS/c1-18-13-15-30(16-14-18)22-17-23(31-21-11-7-4-8-12-21)28-24(27-22)29-25(32)26-19(2)20-9-5-3-6-10-20/h3-12,17-19H,13-16H2,1-2H3,(H2,26,27,28,29,32)/t19-/m0/s1. The number of anilines is 2. The summed E-state index contributed by atoms with van der Waals surface area (Å²) in [4.78, 5) is 11.6. The van der Waals surface area contributed by atoms with E-state index in [-0.39, 0.29) is 6.04 Å². The number of nitrogens with one attached hydrogen (secondary N) is 2. The van der Waals surface area contributed by atoms with Crippen molar-refractivity contribution in [1.29, 1.82) is 0 Å². The third kappa shape index (κ3) is 5.95. The molecule has 2 heterocycles. The molecule has 1 atom stereocenters. The second-order valence-corrected chi connectivity index (χ2v) is 8.61. The van der Waals surface area contributed by atoms with Gasteiger partial charge in [-0.3, -0.25) is 0 Å². The Labute approximate surface area is 195 Å². The van der Waals surface area contributed by atoms with Gasteiger partial charge in [0, 0.05) is 19.2 Å². The highest BCUT2D eigenvalue weighted by Gasteiger charge is 2.19. The summed E-state index contributed by atoms with van der Waals surface area (Å²) in [7, 11) is 0. The normalized spacial score (nSPS) is 15.1. The predicted octanol–water partition coefficient (Wildman–Crippen LogP) is 5.55. The first kappa shape index (κ1) is 22.0. The lowest BCUT2D eigenvalue weighted by molar-refractivity contribution is 0.434. The molecular formula is C25H29N5OS. The van der Waals surface area contributed by atoms with E-state index in [2.05, 4.69) is 46.5 Å². The van der Waals surface area contributed by atoms with E-state index in [4.69, 9.17) is 21.9 Å². The lowest BCUT2D eigenvalue weighted by atomic mass is 9.99. The van der Waals surface area contributed by atoms with E-state index in [0.29, 0.717) is 16.9 Å². The summed E-state index contributed by atoms with van der Waals surface area (Å²) < 4.78 is 6.02. The van der Waals surface area contributed by atoms with Crippen molar-refractivity contribution in [3.63, 3.8) is 0 Å². The van der Waals surface area contributed by atoms with Crippen LogP contribution in [0.5, 0.6) is 11.6 Å². The number of benzene rings is 2. The van der Waals surface area contributed by atoms with Crippen LogP contribution < -0.4 is 20.3 Å². The van der Waals surface area contributed by atoms with E-state index < -0.39 is 0 Å². The van der Waals surface area contributed by atoms with Crippen molar-refractivity contribution in [2.45, 2.75) is 32.7 Å². The molecule has 1 aliphatic heterocycles. The lowest BCUT2D eigenvalue weighted by Crippen LogP contribution is -2.34. The molecule has 3 aromatic rings. The van der Waals surface area contributed by atoms with Crippen molar-refractivity contribution >= 4 is 29.1 Å². The molecule has 32 heavy (non-hydrogen) atoms. The smallest absolute Gasteiger partial charge is 0.234 e. The maximum absolute atomic E-state index is 6.02. The zero-order valence-corrected chi connectivity index (χ0v) is 19.3. The molecule has 6 nitrogen and oxygen atoms in total. The summed E-state index contributed by atoms with van der Waals surface area (Å²) in [5, 5.41) is 6.92. The summed E-state index contributed by atoms with van der Waals surface area (Å²) in [6.45, 7) is 6.30. The third-order valence-electron chi connectivity index (χ3n) is 5.63. The van der Waals surface area contributed by atoms with Crippen LogP contribution in [-0.4, -0.2) is 28.2 Å². The summed E-state index contributed by atoms with van der Waals surface area (Å²) >= 11 is 5.54. The molecule has 0 aliphatic carbocycles. The second kappa shape index (κ2) is 10.4. The molecule has 0 saturated carbocycles. The summed E-state index contributed by atoms with van der Waals surface area (Å²) in [5.41, 5.74) is 1.15. The van der Waals surface area contributed by atoms with Crippen LogP contribution in [0, 0.1) is 5.92 Å². The molecule has 1 fully saturated rings. The number of piperidine rings is 1. The van der Waals surface area contributed by atoms with Gasteiger partial charge < -0.3 is 20.3 Å². The van der Waals surface area contributed by atoms with Crippen molar-refractivity contribution < 1.29 is 4.74 Å². The zero-order valence-electron chi connectivity index (χ0n) is 18.5. The Bertz CT molecular complexity index is 1020. The monoisotopic (exact) mass is 447 g/mol. The quantitative estimate of drug-likeness (QED) is 0.480. The van der Waals surface area contributed by atoms with Gasteiger partial charge in [-0.25, -0.2) is 0 Å². The van der Waals surface area contributed by atoms with Crippen LogP contribution in [0.1, 0.15) is 38.3 Å². The van der Waals surface area contributed by atoms with Crippen LogP contribution in [0.4, 0.5) is 11.8 Å². The van der Waals surface area contributed by atoms with Crippen LogP contribution in [0.25, 0.3) is 0 Å². The Morgan fingerprint density at radius 2 is 1.69 bits per heavy atom.